The van der Waals surface area contributed by atoms with E-state index in [-0.39, 0.29) is 5.97 Å². The third kappa shape index (κ3) is 9.52. The molecule has 0 aliphatic carbocycles. The number of ether oxygens (including phenoxy) is 1. The molecule has 0 aromatic rings. The van der Waals surface area contributed by atoms with Gasteiger partial charge in [-0.15, -0.1) is 0 Å². The molecule has 0 radical (unpaired) electrons. The van der Waals surface area contributed by atoms with E-state index in [9.17, 15) is 4.79 Å². The van der Waals surface area contributed by atoms with Crippen LogP contribution in [0.4, 0.5) is 0 Å². The van der Waals surface area contributed by atoms with E-state index < -0.39 is 0 Å². The Balaban J connectivity index is 4.13. The minimum atomic E-state index is -0.259. The van der Waals surface area contributed by atoms with Gasteiger partial charge in [0.15, 0.2) is 0 Å². The second-order valence-corrected chi connectivity index (χ2v) is 5.78. The molecule has 0 aliphatic heterocycles. The molecule has 0 amide bonds. The van der Waals surface area contributed by atoms with Crippen molar-refractivity contribution >= 4 is 5.97 Å². The number of esters is 1. The van der Waals surface area contributed by atoms with Crippen LogP contribution in [0.5, 0.6) is 0 Å². The van der Waals surface area contributed by atoms with Gasteiger partial charge in [0.05, 0.1) is 6.61 Å². The Labute approximate surface area is 118 Å². The van der Waals surface area contributed by atoms with Crippen molar-refractivity contribution in [3.63, 3.8) is 0 Å². The first-order valence-corrected chi connectivity index (χ1v) is 7.40. The summed E-state index contributed by atoms with van der Waals surface area (Å²) in [7, 11) is 0. The van der Waals surface area contributed by atoms with Gasteiger partial charge in [0, 0.05) is 6.08 Å². The zero-order valence-corrected chi connectivity index (χ0v) is 13.4. The highest BCUT2D eigenvalue weighted by molar-refractivity contribution is 5.83. The van der Waals surface area contributed by atoms with Crippen LogP contribution in [0.25, 0.3) is 0 Å². The highest BCUT2D eigenvalue weighted by Crippen LogP contribution is 2.20. The monoisotopic (exact) mass is 266 g/mol. The first kappa shape index (κ1) is 17.9. The maximum absolute atomic E-state index is 11.3. The lowest BCUT2D eigenvalue weighted by atomic mass is 9.90. The van der Waals surface area contributed by atoms with E-state index >= 15 is 0 Å². The number of hydrogen-bond donors (Lipinski definition) is 0. The van der Waals surface area contributed by atoms with Crippen molar-refractivity contribution in [1.82, 2.24) is 0 Å². The normalized spacial score (nSPS) is 15.8. The summed E-state index contributed by atoms with van der Waals surface area (Å²) in [6, 6.07) is 0. The van der Waals surface area contributed by atoms with Crippen LogP contribution < -0.4 is 0 Å². The summed E-state index contributed by atoms with van der Waals surface area (Å²) in [4.78, 5) is 11.3. The second kappa shape index (κ2) is 9.82. The molecular weight excluding hydrogens is 236 g/mol. The molecule has 2 nitrogen and oxygen atoms in total. The molecule has 0 bridgehead atoms. The molecule has 0 spiro atoms. The zero-order valence-electron chi connectivity index (χ0n) is 13.4. The smallest absolute Gasteiger partial charge is 0.330 e. The summed E-state index contributed by atoms with van der Waals surface area (Å²) in [6.45, 7) is 13.3. The number of carbonyl (C=O) groups excluding carboxylic acids is 1. The average Bonchev–Trinajstić information content (AvgIpc) is 2.33. The lowest BCUT2D eigenvalue weighted by Crippen LogP contribution is -2.05. The van der Waals surface area contributed by atoms with Crippen LogP contribution in [0.1, 0.15) is 54.4 Å². The van der Waals surface area contributed by atoms with Crippen molar-refractivity contribution in [2.45, 2.75) is 54.4 Å². The summed E-state index contributed by atoms with van der Waals surface area (Å²) in [5.74, 6) is 1.81. The standard InChI is InChI=1S/C17H30O2/c1-7-19-17(18)12-15(5)9-8-14(4)10-11-16(6)13(2)3/h8-9,12-14,16H,7,10-11H2,1-6H3. The van der Waals surface area contributed by atoms with Crippen LogP contribution in [-0.4, -0.2) is 12.6 Å². The minimum absolute atomic E-state index is 0.259. The molecule has 0 saturated heterocycles. The highest BCUT2D eigenvalue weighted by Gasteiger charge is 2.08. The van der Waals surface area contributed by atoms with Crippen LogP contribution >= 0.6 is 0 Å². The molecular formula is C17H30O2. The Bertz CT molecular complexity index is 313. The van der Waals surface area contributed by atoms with E-state index in [1.165, 1.54) is 12.8 Å². The van der Waals surface area contributed by atoms with Gasteiger partial charge in [0.1, 0.15) is 0 Å². The quantitative estimate of drug-likeness (QED) is 0.360. The molecule has 0 saturated carbocycles. The van der Waals surface area contributed by atoms with Crippen molar-refractivity contribution in [2.24, 2.45) is 17.8 Å². The van der Waals surface area contributed by atoms with Crippen molar-refractivity contribution in [1.29, 1.82) is 0 Å². The lowest BCUT2D eigenvalue weighted by Gasteiger charge is -2.16. The van der Waals surface area contributed by atoms with Gasteiger partial charge in [-0.3, -0.25) is 0 Å². The van der Waals surface area contributed by atoms with Gasteiger partial charge >= 0.3 is 5.97 Å². The second-order valence-electron chi connectivity index (χ2n) is 5.78. The van der Waals surface area contributed by atoms with Crippen LogP contribution in [0.15, 0.2) is 23.8 Å². The summed E-state index contributed by atoms with van der Waals surface area (Å²) >= 11 is 0. The fraction of sp³-hybridized carbons (Fsp3) is 0.706. The van der Waals surface area contributed by atoms with Gasteiger partial charge < -0.3 is 4.74 Å². The number of rotatable bonds is 8. The molecule has 0 aliphatic rings. The van der Waals surface area contributed by atoms with Crippen LogP contribution in [0, 0.1) is 17.8 Å². The maximum atomic E-state index is 11.3. The summed E-state index contributed by atoms with van der Waals surface area (Å²) in [6.07, 6.45) is 8.19. The van der Waals surface area contributed by atoms with E-state index in [0.29, 0.717) is 12.5 Å². The predicted octanol–water partition coefficient (Wildman–Crippen LogP) is 4.76. The Morgan fingerprint density at radius 2 is 1.79 bits per heavy atom. The fourth-order valence-corrected chi connectivity index (χ4v) is 1.69. The number of carbonyl (C=O) groups is 1. The van der Waals surface area contributed by atoms with Gasteiger partial charge in [-0.25, -0.2) is 4.79 Å². The first-order valence-electron chi connectivity index (χ1n) is 7.40. The highest BCUT2D eigenvalue weighted by atomic mass is 16.5. The minimum Gasteiger partial charge on any atom is -0.463 e. The van der Waals surface area contributed by atoms with Crippen molar-refractivity contribution in [3.05, 3.63) is 23.8 Å². The first-order chi connectivity index (χ1) is 8.86. The van der Waals surface area contributed by atoms with Gasteiger partial charge in [0.25, 0.3) is 0 Å². The van der Waals surface area contributed by atoms with Crippen molar-refractivity contribution in [3.8, 4) is 0 Å². The van der Waals surface area contributed by atoms with Crippen LogP contribution in [0.2, 0.25) is 0 Å². The Morgan fingerprint density at radius 3 is 2.32 bits per heavy atom. The molecule has 0 fully saturated rings. The number of hydrogen-bond acceptors (Lipinski definition) is 2. The predicted molar refractivity (Wildman–Crippen MR) is 81.9 cm³/mol. The van der Waals surface area contributed by atoms with Gasteiger partial charge in [-0.1, -0.05) is 39.8 Å². The van der Waals surface area contributed by atoms with Crippen molar-refractivity contribution in [2.75, 3.05) is 6.61 Å². The molecule has 0 aromatic heterocycles. The lowest BCUT2D eigenvalue weighted by molar-refractivity contribution is -0.137. The van der Waals surface area contributed by atoms with Gasteiger partial charge in [-0.05, 0) is 50.0 Å². The summed E-state index contributed by atoms with van der Waals surface area (Å²) in [5, 5.41) is 0. The van der Waals surface area contributed by atoms with E-state index in [2.05, 4.69) is 33.8 Å². The van der Waals surface area contributed by atoms with Crippen LogP contribution in [-0.2, 0) is 9.53 Å². The van der Waals surface area contributed by atoms with E-state index in [1.54, 1.807) is 6.08 Å². The van der Waals surface area contributed by atoms with Gasteiger partial charge in [0.2, 0.25) is 0 Å². The Hall–Kier alpha value is -1.05. The molecule has 0 N–H and O–H groups in total. The largest absolute Gasteiger partial charge is 0.463 e. The van der Waals surface area contributed by atoms with Crippen molar-refractivity contribution < 1.29 is 9.53 Å². The summed E-state index contributed by atoms with van der Waals surface area (Å²) < 4.78 is 4.88. The van der Waals surface area contributed by atoms with Gasteiger partial charge in [-0.2, -0.15) is 0 Å². The molecule has 0 heterocycles. The SMILES string of the molecule is CCOC(=O)C=C(C)C=CC(C)CCC(C)C(C)C. The van der Waals surface area contributed by atoms with E-state index in [4.69, 9.17) is 4.74 Å². The third-order valence-corrected chi connectivity index (χ3v) is 3.54. The Morgan fingerprint density at radius 1 is 1.16 bits per heavy atom. The molecule has 2 atom stereocenters. The summed E-state index contributed by atoms with van der Waals surface area (Å²) in [5.41, 5.74) is 0.946. The molecule has 0 rings (SSSR count). The van der Waals surface area contributed by atoms with E-state index in [1.807, 2.05) is 19.9 Å². The maximum Gasteiger partial charge on any atom is 0.330 e. The topological polar surface area (TPSA) is 26.3 Å². The zero-order chi connectivity index (χ0) is 14.8. The fourth-order valence-electron chi connectivity index (χ4n) is 1.69. The molecule has 2 heteroatoms. The number of allylic oxidation sites excluding steroid dienone is 3. The third-order valence-electron chi connectivity index (χ3n) is 3.54. The molecule has 110 valence electrons. The Kier molecular flexibility index (Phi) is 9.28. The molecule has 2 unspecified atom stereocenters. The average molecular weight is 266 g/mol. The molecule has 0 aromatic carbocycles. The van der Waals surface area contributed by atoms with Crippen LogP contribution in [0.3, 0.4) is 0 Å². The van der Waals surface area contributed by atoms with E-state index in [0.717, 1.165) is 17.4 Å². The molecule has 19 heavy (non-hydrogen) atoms.